The van der Waals surface area contributed by atoms with Gasteiger partial charge in [0, 0.05) is 6.54 Å². The fourth-order valence-corrected chi connectivity index (χ4v) is 2.92. The standard InChI is InChI=1S/C19H19NO2/c1-14-8-2-3-9-15(14)10-6-7-13-20-18(21)16-11-4-5-12-17(16)19(20)22/h2-5,8-9,11-12H,6-7,10,13H2,1H3. The minimum absolute atomic E-state index is 0.156. The molecule has 0 spiro atoms. The van der Waals surface area contributed by atoms with E-state index in [-0.39, 0.29) is 11.8 Å². The van der Waals surface area contributed by atoms with Crippen LogP contribution < -0.4 is 0 Å². The van der Waals surface area contributed by atoms with E-state index in [1.807, 2.05) is 12.1 Å². The van der Waals surface area contributed by atoms with E-state index in [0.717, 1.165) is 19.3 Å². The second kappa shape index (κ2) is 6.14. The van der Waals surface area contributed by atoms with Gasteiger partial charge >= 0.3 is 0 Å². The molecule has 112 valence electrons. The number of unbranched alkanes of at least 4 members (excludes halogenated alkanes) is 1. The van der Waals surface area contributed by atoms with E-state index in [2.05, 4.69) is 19.1 Å². The van der Waals surface area contributed by atoms with Gasteiger partial charge < -0.3 is 0 Å². The molecule has 0 saturated heterocycles. The maximum atomic E-state index is 12.2. The largest absolute Gasteiger partial charge is 0.274 e. The van der Waals surface area contributed by atoms with E-state index in [4.69, 9.17) is 0 Å². The Kier molecular flexibility index (Phi) is 4.05. The highest BCUT2D eigenvalue weighted by Gasteiger charge is 2.34. The predicted octanol–water partition coefficient (Wildman–Crippen LogP) is 3.61. The van der Waals surface area contributed by atoms with Crippen molar-refractivity contribution >= 4 is 11.8 Å². The quantitative estimate of drug-likeness (QED) is 0.624. The van der Waals surface area contributed by atoms with Gasteiger partial charge in [-0.05, 0) is 49.4 Å². The normalized spacial score (nSPS) is 13.6. The van der Waals surface area contributed by atoms with Crippen LogP contribution in [0.3, 0.4) is 0 Å². The number of imide groups is 1. The molecule has 1 aliphatic heterocycles. The van der Waals surface area contributed by atoms with Gasteiger partial charge in [0.2, 0.25) is 0 Å². The number of amides is 2. The lowest BCUT2D eigenvalue weighted by Crippen LogP contribution is -2.30. The van der Waals surface area contributed by atoms with Crippen LogP contribution in [0.15, 0.2) is 48.5 Å². The van der Waals surface area contributed by atoms with Gasteiger partial charge in [-0.3, -0.25) is 14.5 Å². The summed E-state index contributed by atoms with van der Waals surface area (Å²) in [6.07, 6.45) is 2.79. The Hall–Kier alpha value is -2.42. The third-order valence-corrected chi connectivity index (χ3v) is 4.22. The first-order valence-electron chi connectivity index (χ1n) is 7.68. The molecule has 22 heavy (non-hydrogen) atoms. The summed E-state index contributed by atoms with van der Waals surface area (Å²) in [6, 6.07) is 15.4. The minimum atomic E-state index is -0.156. The Labute approximate surface area is 130 Å². The van der Waals surface area contributed by atoms with Crippen LogP contribution in [0.4, 0.5) is 0 Å². The number of fused-ring (bicyclic) bond motifs is 1. The first-order chi connectivity index (χ1) is 10.7. The zero-order valence-electron chi connectivity index (χ0n) is 12.7. The van der Waals surface area contributed by atoms with Gasteiger partial charge in [0.05, 0.1) is 11.1 Å². The van der Waals surface area contributed by atoms with Crippen LogP contribution in [-0.4, -0.2) is 23.3 Å². The van der Waals surface area contributed by atoms with Crippen molar-refractivity contribution in [2.45, 2.75) is 26.2 Å². The van der Waals surface area contributed by atoms with Crippen LogP contribution in [0.2, 0.25) is 0 Å². The van der Waals surface area contributed by atoms with Crippen LogP contribution >= 0.6 is 0 Å². The molecule has 2 amide bonds. The van der Waals surface area contributed by atoms with Gasteiger partial charge in [0.15, 0.2) is 0 Å². The molecule has 3 rings (SSSR count). The molecule has 0 N–H and O–H groups in total. The van der Waals surface area contributed by atoms with Crippen molar-refractivity contribution in [3.63, 3.8) is 0 Å². The molecule has 3 nitrogen and oxygen atoms in total. The fraction of sp³-hybridized carbons (Fsp3) is 0.263. The third-order valence-electron chi connectivity index (χ3n) is 4.22. The van der Waals surface area contributed by atoms with E-state index < -0.39 is 0 Å². The molecule has 1 aliphatic rings. The van der Waals surface area contributed by atoms with Gasteiger partial charge in [0.25, 0.3) is 11.8 Å². The van der Waals surface area contributed by atoms with Crippen molar-refractivity contribution in [1.29, 1.82) is 0 Å². The fourth-order valence-electron chi connectivity index (χ4n) is 2.92. The molecule has 0 atom stereocenters. The first-order valence-corrected chi connectivity index (χ1v) is 7.68. The predicted molar refractivity (Wildman–Crippen MR) is 85.9 cm³/mol. The number of rotatable bonds is 5. The van der Waals surface area contributed by atoms with E-state index in [9.17, 15) is 9.59 Å². The highest BCUT2D eigenvalue weighted by molar-refractivity contribution is 6.21. The number of carbonyl (C=O) groups excluding carboxylic acids is 2. The zero-order valence-corrected chi connectivity index (χ0v) is 12.7. The zero-order chi connectivity index (χ0) is 15.5. The summed E-state index contributed by atoms with van der Waals surface area (Å²) in [4.78, 5) is 25.8. The van der Waals surface area contributed by atoms with Crippen molar-refractivity contribution < 1.29 is 9.59 Å². The molecule has 1 heterocycles. The maximum Gasteiger partial charge on any atom is 0.261 e. The van der Waals surface area contributed by atoms with Gasteiger partial charge in [-0.15, -0.1) is 0 Å². The molecule has 0 unspecified atom stereocenters. The topological polar surface area (TPSA) is 37.4 Å². The molecular weight excluding hydrogens is 274 g/mol. The smallest absolute Gasteiger partial charge is 0.261 e. The summed E-state index contributed by atoms with van der Waals surface area (Å²) >= 11 is 0. The van der Waals surface area contributed by atoms with E-state index in [0.29, 0.717) is 17.7 Å². The lowest BCUT2D eigenvalue weighted by atomic mass is 10.0. The number of hydrogen-bond donors (Lipinski definition) is 0. The SMILES string of the molecule is Cc1ccccc1CCCCN1C(=O)c2ccccc2C1=O. The minimum Gasteiger partial charge on any atom is -0.274 e. The average molecular weight is 293 g/mol. The first kappa shape index (κ1) is 14.5. The van der Waals surface area contributed by atoms with E-state index >= 15 is 0 Å². The van der Waals surface area contributed by atoms with Crippen molar-refractivity contribution in [3.05, 3.63) is 70.8 Å². The van der Waals surface area contributed by atoms with Crippen LogP contribution in [-0.2, 0) is 6.42 Å². The second-order valence-corrected chi connectivity index (χ2v) is 5.69. The number of nitrogens with zero attached hydrogens (tertiary/aromatic N) is 1. The van der Waals surface area contributed by atoms with Crippen molar-refractivity contribution in [2.24, 2.45) is 0 Å². The molecule has 3 heteroatoms. The Morgan fingerprint density at radius 3 is 2.05 bits per heavy atom. The average Bonchev–Trinajstić information content (AvgIpc) is 2.78. The summed E-state index contributed by atoms with van der Waals surface area (Å²) in [5.74, 6) is -0.312. The maximum absolute atomic E-state index is 12.2. The molecule has 0 radical (unpaired) electrons. The highest BCUT2D eigenvalue weighted by Crippen LogP contribution is 2.22. The molecule has 0 bridgehead atoms. The van der Waals surface area contributed by atoms with Gasteiger partial charge in [-0.25, -0.2) is 0 Å². The van der Waals surface area contributed by atoms with Crippen LogP contribution in [0, 0.1) is 6.92 Å². The molecule has 2 aromatic rings. The number of carbonyl (C=O) groups is 2. The monoisotopic (exact) mass is 293 g/mol. The Bertz CT molecular complexity index is 686. The summed E-state index contributed by atoms with van der Waals surface area (Å²) in [5, 5.41) is 0. The molecule has 0 aliphatic carbocycles. The Balaban J connectivity index is 1.56. The lowest BCUT2D eigenvalue weighted by Gasteiger charge is -2.13. The molecular formula is C19H19NO2. The highest BCUT2D eigenvalue weighted by atomic mass is 16.2. The van der Waals surface area contributed by atoms with Crippen LogP contribution in [0.5, 0.6) is 0 Å². The summed E-state index contributed by atoms with van der Waals surface area (Å²) < 4.78 is 0. The summed E-state index contributed by atoms with van der Waals surface area (Å²) in [7, 11) is 0. The number of aryl methyl sites for hydroxylation is 2. The van der Waals surface area contributed by atoms with Crippen LogP contribution in [0.1, 0.15) is 44.7 Å². The molecule has 2 aromatic carbocycles. The summed E-state index contributed by atoms with van der Waals surface area (Å²) in [5.41, 5.74) is 3.70. The van der Waals surface area contributed by atoms with Crippen molar-refractivity contribution in [1.82, 2.24) is 4.90 Å². The molecule has 0 saturated carbocycles. The van der Waals surface area contributed by atoms with Gasteiger partial charge in [-0.1, -0.05) is 36.4 Å². The molecule has 0 aromatic heterocycles. The van der Waals surface area contributed by atoms with Crippen LogP contribution in [0.25, 0.3) is 0 Å². The van der Waals surface area contributed by atoms with Gasteiger partial charge in [0.1, 0.15) is 0 Å². The van der Waals surface area contributed by atoms with Crippen molar-refractivity contribution in [2.75, 3.05) is 6.54 Å². The number of hydrogen-bond acceptors (Lipinski definition) is 2. The van der Waals surface area contributed by atoms with E-state index in [1.54, 1.807) is 24.3 Å². The molecule has 0 fully saturated rings. The van der Waals surface area contributed by atoms with Gasteiger partial charge in [-0.2, -0.15) is 0 Å². The Morgan fingerprint density at radius 1 is 0.818 bits per heavy atom. The Morgan fingerprint density at radius 2 is 1.41 bits per heavy atom. The lowest BCUT2D eigenvalue weighted by molar-refractivity contribution is 0.0652. The third kappa shape index (κ3) is 2.67. The van der Waals surface area contributed by atoms with Crippen molar-refractivity contribution in [3.8, 4) is 0 Å². The second-order valence-electron chi connectivity index (χ2n) is 5.69. The number of benzene rings is 2. The summed E-state index contributed by atoms with van der Waals surface area (Å²) in [6.45, 7) is 2.61. The van der Waals surface area contributed by atoms with E-state index in [1.165, 1.54) is 16.0 Å².